The summed E-state index contributed by atoms with van der Waals surface area (Å²) in [6.07, 6.45) is 0. The molecular weight excluding hydrogens is 328 g/mol. The number of fused-ring (bicyclic) bond motifs is 1. The first-order valence-corrected chi connectivity index (χ1v) is 8.90. The van der Waals surface area contributed by atoms with Crippen LogP contribution in [0.15, 0.2) is 56.6 Å². The van der Waals surface area contributed by atoms with Crippen LogP contribution >= 0.6 is 0 Å². The number of nitrogens with one attached hydrogen (secondary N) is 2. The Kier molecular flexibility index (Phi) is 3.76. The number of anilines is 1. The zero-order chi connectivity index (χ0) is 17.5. The lowest BCUT2D eigenvalue weighted by atomic mass is 9.87. The van der Waals surface area contributed by atoms with Crippen molar-refractivity contribution in [3.63, 3.8) is 0 Å². The summed E-state index contributed by atoms with van der Waals surface area (Å²) in [6.45, 7) is 6.27. The standard InChI is InChI=1S/C17H18N2O4S/c1-17(2,3)11-4-6-12(7-5-11)19-24(21,22)13-8-9-15-14(10-13)18-16(20)23-15/h4-10,19H,1-3H3,(H,18,20). The Bertz CT molecular complexity index is 1040. The first-order valence-electron chi connectivity index (χ1n) is 7.41. The third-order valence-electron chi connectivity index (χ3n) is 3.70. The lowest BCUT2D eigenvalue weighted by Crippen LogP contribution is -2.14. The van der Waals surface area contributed by atoms with Crippen molar-refractivity contribution in [2.75, 3.05) is 4.72 Å². The summed E-state index contributed by atoms with van der Waals surface area (Å²) in [5, 5.41) is 0. The van der Waals surface area contributed by atoms with Crippen LogP contribution in [0, 0.1) is 0 Å². The van der Waals surface area contributed by atoms with Crippen LogP contribution in [0.5, 0.6) is 0 Å². The minimum atomic E-state index is -3.76. The number of hydrogen-bond acceptors (Lipinski definition) is 4. The van der Waals surface area contributed by atoms with E-state index in [0.29, 0.717) is 16.8 Å². The Morgan fingerprint density at radius 2 is 1.71 bits per heavy atom. The van der Waals surface area contributed by atoms with Crippen LogP contribution in [0.1, 0.15) is 26.3 Å². The molecule has 0 atom stereocenters. The van der Waals surface area contributed by atoms with E-state index < -0.39 is 15.8 Å². The van der Waals surface area contributed by atoms with Gasteiger partial charge in [0.2, 0.25) is 0 Å². The molecule has 1 heterocycles. The molecule has 3 aromatic rings. The number of sulfonamides is 1. The highest BCUT2D eigenvalue weighted by molar-refractivity contribution is 7.92. The SMILES string of the molecule is CC(C)(C)c1ccc(NS(=O)(=O)c2ccc3oc(=O)[nH]c3c2)cc1. The fraction of sp³-hybridized carbons (Fsp3) is 0.235. The Labute approximate surface area is 139 Å². The third-order valence-corrected chi connectivity index (χ3v) is 5.08. The van der Waals surface area contributed by atoms with E-state index in [1.54, 1.807) is 12.1 Å². The van der Waals surface area contributed by atoms with Crippen molar-refractivity contribution in [1.29, 1.82) is 0 Å². The van der Waals surface area contributed by atoms with Crippen molar-refractivity contribution in [2.45, 2.75) is 31.1 Å². The number of aromatic nitrogens is 1. The van der Waals surface area contributed by atoms with Crippen LogP contribution in [0.25, 0.3) is 11.1 Å². The Hall–Kier alpha value is -2.54. The topological polar surface area (TPSA) is 92.2 Å². The van der Waals surface area contributed by atoms with E-state index in [0.717, 1.165) is 5.56 Å². The van der Waals surface area contributed by atoms with Crippen LogP contribution in [0.3, 0.4) is 0 Å². The Morgan fingerprint density at radius 1 is 1.04 bits per heavy atom. The maximum atomic E-state index is 12.5. The molecule has 0 radical (unpaired) electrons. The van der Waals surface area contributed by atoms with E-state index >= 15 is 0 Å². The molecule has 0 saturated carbocycles. The van der Waals surface area contributed by atoms with E-state index in [2.05, 4.69) is 30.5 Å². The van der Waals surface area contributed by atoms with Gasteiger partial charge < -0.3 is 4.42 Å². The van der Waals surface area contributed by atoms with E-state index in [4.69, 9.17) is 4.42 Å². The Morgan fingerprint density at radius 3 is 2.33 bits per heavy atom. The largest absolute Gasteiger partial charge is 0.417 e. The quantitative estimate of drug-likeness (QED) is 0.761. The third kappa shape index (κ3) is 3.21. The molecule has 2 aromatic carbocycles. The van der Waals surface area contributed by atoms with Gasteiger partial charge in [-0.1, -0.05) is 32.9 Å². The van der Waals surface area contributed by atoms with Crippen LogP contribution in [-0.2, 0) is 15.4 Å². The molecule has 0 spiro atoms. The van der Waals surface area contributed by atoms with Gasteiger partial charge in [-0.15, -0.1) is 0 Å². The highest BCUT2D eigenvalue weighted by Gasteiger charge is 2.17. The van der Waals surface area contributed by atoms with Gasteiger partial charge >= 0.3 is 5.76 Å². The van der Waals surface area contributed by atoms with Gasteiger partial charge in [-0.3, -0.25) is 9.71 Å². The monoisotopic (exact) mass is 346 g/mol. The van der Waals surface area contributed by atoms with Crippen molar-refractivity contribution in [1.82, 2.24) is 4.98 Å². The molecule has 0 fully saturated rings. The number of hydrogen-bond donors (Lipinski definition) is 2. The summed E-state index contributed by atoms with van der Waals surface area (Å²) >= 11 is 0. The average Bonchev–Trinajstić information content (AvgIpc) is 2.85. The second-order valence-corrected chi connectivity index (χ2v) is 8.29. The van der Waals surface area contributed by atoms with Crippen molar-refractivity contribution in [2.24, 2.45) is 0 Å². The summed E-state index contributed by atoms with van der Waals surface area (Å²) in [5.41, 5.74) is 2.24. The number of benzene rings is 2. The fourth-order valence-corrected chi connectivity index (χ4v) is 3.44. The second-order valence-electron chi connectivity index (χ2n) is 6.61. The molecule has 1 aromatic heterocycles. The molecule has 0 bridgehead atoms. The molecule has 24 heavy (non-hydrogen) atoms. The molecule has 0 aliphatic carbocycles. The fourth-order valence-electron chi connectivity index (χ4n) is 2.35. The van der Waals surface area contributed by atoms with Crippen LogP contribution in [-0.4, -0.2) is 13.4 Å². The highest BCUT2D eigenvalue weighted by Crippen LogP contribution is 2.25. The summed E-state index contributed by atoms with van der Waals surface area (Å²) in [7, 11) is -3.76. The smallest absolute Gasteiger partial charge is 0.408 e. The molecule has 2 N–H and O–H groups in total. The second kappa shape index (κ2) is 5.52. The maximum Gasteiger partial charge on any atom is 0.417 e. The minimum absolute atomic E-state index is 0.00437. The van der Waals surface area contributed by atoms with Crippen molar-refractivity contribution in [3.05, 3.63) is 58.6 Å². The molecular formula is C17H18N2O4S. The molecule has 126 valence electrons. The van der Waals surface area contributed by atoms with Gasteiger partial charge in [0.1, 0.15) is 0 Å². The first-order chi connectivity index (χ1) is 11.1. The van der Waals surface area contributed by atoms with Crippen molar-refractivity contribution >= 4 is 26.8 Å². The van der Waals surface area contributed by atoms with E-state index in [-0.39, 0.29) is 10.3 Å². The van der Waals surface area contributed by atoms with Crippen molar-refractivity contribution in [3.8, 4) is 0 Å². The predicted molar refractivity (Wildman–Crippen MR) is 92.8 cm³/mol. The van der Waals surface area contributed by atoms with Gasteiger partial charge in [-0.2, -0.15) is 0 Å². The lowest BCUT2D eigenvalue weighted by molar-refractivity contribution is 0.555. The summed E-state index contributed by atoms with van der Waals surface area (Å²) in [4.78, 5) is 13.7. The minimum Gasteiger partial charge on any atom is -0.408 e. The zero-order valence-electron chi connectivity index (χ0n) is 13.6. The van der Waals surface area contributed by atoms with Crippen molar-refractivity contribution < 1.29 is 12.8 Å². The summed E-state index contributed by atoms with van der Waals surface area (Å²) in [6, 6.07) is 11.5. The Balaban J connectivity index is 1.90. The molecule has 6 nitrogen and oxygen atoms in total. The molecule has 0 aliphatic rings. The number of rotatable bonds is 3. The van der Waals surface area contributed by atoms with Crippen LogP contribution in [0.2, 0.25) is 0 Å². The van der Waals surface area contributed by atoms with E-state index in [1.807, 2.05) is 12.1 Å². The lowest BCUT2D eigenvalue weighted by Gasteiger charge is -2.19. The van der Waals surface area contributed by atoms with E-state index in [1.165, 1.54) is 18.2 Å². The van der Waals surface area contributed by atoms with Gasteiger partial charge in [0.25, 0.3) is 10.0 Å². The van der Waals surface area contributed by atoms with Crippen LogP contribution < -0.4 is 10.5 Å². The van der Waals surface area contributed by atoms with Gasteiger partial charge in [0, 0.05) is 5.69 Å². The molecule has 3 rings (SSSR count). The average molecular weight is 346 g/mol. The molecule has 0 saturated heterocycles. The zero-order valence-corrected chi connectivity index (χ0v) is 14.4. The summed E-state index contributed by atoms with van der Waals surface area (Å²) < 4.78 is 32.4. The van der Waals surface area contributed by atoms with E-state index in [9.17, 15) is 13.2 Å². The molecule has 0 unspecified atom stereocenters. The van der Waals surface area contributed by atoms with Gasteiger partial charge in [-0.25, -0.2) is 13.2 Å². The number of H-pyrrole nitrogens is 1. The summed E-state index contributed by atoms with van der Waals surface area (Å²) in [5.74, 6) is -0.620. The van der Waals surface area contributed by atoms with Gasteiger partial charge in [-0.05, 0) is 41.3 Å². The molecule has 0 aliphatic heterocycles. The van der Waals surface area contributed by atoms with Gasteiger partial charge in [0.05, 0.1) is 10.4 Å². The number of oxazole rings is 1. The maximum absolute atomic E-state index is 12.5. The number of aromatic amines is 1. The highest BCUT2D eigenvalue weighted by atomic mass is 32.2. The first kappa shape index (κ1) is 16.3. The van der Waals surface area contributed by atoms with Gasteiger partial charge in [0.15, 0.2) is 5.58 Å². The van der Waals surface area contributed by atoms with Crippen LogP contribution in [0.4, 0.5) is 5.69 Å². The molecule has 7 heteroatoms. The predicted octanol–water partition coefficient (Wildman–Crippen LogP) is 3.22. The molecule has 0 amide bonds. The normalized spacial score (nSPS) is 12.5.